The van der Waals surface area contributed by atoms with Crippen LogP contribution < -0.4 is 0 Å². The van der Waals surface area contributed by atoms with Gasteiger partial charge >= 0.3 is 5.97 Å². The summed E-state index contributed by atoms with van der Waals surface area (Å²) >= 11 is 0. The molecule has 0 radical (unpaired) electrons. The quantitative estimate of drug-likeness (QED) is 0.0712. The maximum absolute atomic E-state index is 12.8. The Morgan fingerprint density at radius 2 is 1.32 bits per heavy atom. The Kier molecular flexibility index (Phi) is 18.4. The molecule has 1 unspecified atom stereocenters. The Morgan fingerprint density at radius 3 is 1.95 bits per heavy atom. The Hall–Kier alpha value is -2.76. The molecule has 3 aromatic rings. The van der Waals surface area contributed by atoms with E-state index >= 15 is 0 Å². The Labute approximate surface area is 267 Å². The van der Waals surface area contributed by atoms with Crippen molar-refractivity contribution in [2.45, 2.75) is 122 Å². The molecule has 0 aliphatic heterocycles. The first-order chi connectivity index (χ1) is 21.7. The van der Waals surface area contributed by atoms with Gasteiger partial charge in [-0.3, -0.25) is 4.98 Å². The van der Waals surface area contributed by atoms with Crippen molar-refractivity contribution in [2.24, 2.45) is 0 Å². The number of methoxy groups -OCH3 is 1. The molecule has 0 amide bonds. The second-order valence-electron chi connectivity index (χ2n) is 12.2. The van der Waals surface area contributed by atoms with Gasteiger partial charge < -0.3 is 14.2 Å². The van der Waals surface area contributed by atoms with Gasteiger partial charge in [-0.25, -0.2) is 4.79 Å². The molecule has 5 nitrogen and oxygen atoms in total. The van der Waals surface area contributed by atoms with Gasteiger partial charge in [-0.05, 0) is 35.6 Å². The van der Waals surface area contributed by atoms with Crippen molar-refractivity contribution in [1.29, 1.82) is 0 Å². The first-order valence-electron chi connectivity index (χ1n) is 17.4. The van der Waals surface area contributed by atoms with Crippen LogP contribution in [0.1, 0.15) is 131 Å². The molecule has 1 heterocycles. The van der Waals surface area contributed by atoms with E-state index < -0.39 is 0 Å². The average molecular weight is 604 g/mol. The minimum absolute atomic E-state index is 0.171. The molecule has 242 valence electrons. The van der Waals surface area contributed by atoms with E-state index in [9.17, 15) is 4.79 Å². The Bertz CT molecular complexity index is 1180. The number of carbonyl (C=O) groups is 1. The molecule has 0 bridgehead atoms. The monoisotopic (exact) mass is 603 g/mol. The van der Waals surface area contributed by atoms with Crippen LogP contribution >= 0.6 is 0 Å². The number of ether oxygens (including phenoxy) is 3. The first kappa shape index (κ1) is 35.7. The van der Waals surface area contributed by atoms with Gasteiger partial charge in [0.1, 0.15) is 12.7 Å². The van der Waals surface area contributed by atoms with Gasteiger partial charge in [0.05, 0.1) is 12.2 Å². The lowest BCUT2D eigenvalue weighted by Crippen LogP contribution is -2.26. The second-order valence-corrected chi connectivity index (χ2v) is 12.2. The van der Waals surface area contributed by atoms with Crippen LogP contribution in [0.2, 0.25) is 0 Å². The van der Waals surface area contributed by atoms with Gasteiger partial charge in [-0.2, -0.15) is 0 Å². The van der Waals surface area contributed by atoms with Gasteiger partial charge in [0.15, 0.2) is 0 Å². The SMILES string of the molecule is CCCCCCCCCCCCCCCCCCOCC(COC(=O)c1cccc(Cc2cc3ccccc3cn2)c1)OC. The standard InChI is InChI=1S/C39H57NO4/c1-3-4-5-6-7-8-9-10-11-12-13-14-15-16-17-20-26-43-31-38(42-2)32-44-39(41)35-25-21-22-33(27-35)28-37-29-34-23-18-19-24-36(34)30-40-37/h18-19,21-25,27,29-30,38H,3-17,20,26,28,31-32H2,1-2H3. The van der Waals surface area contributed by atoms with Gasteiger partial charge in [0.25, 0.3) is 0 Å². The van der Waals surface area contributed by atoms with Crippen LogP contribution in [0.25, 0.3) is 10.8 Å². The van der Waals surface area contributed by atoms with Gasteiger partial charge in [-0.15, -0.1) is 0 Å². The number of fused-ring (bicyclic) bond motifs is 1. The number of unbranched alkanes of at least 4 members (excludes halogenated alkanes) is 15. The third-order valence-electron chi connectivity index (χ3n) is 8.42. The summed E-state index contributed by atoms with van der Waals surface area (Å²) < 4.78 is 16.9. The van der Waals surface area contributed by atoms with Crippen molar-refractivity contribution in [2.75, 3.05) is 26.9 Å². The van der Waals surface area contributed by atoms with Crippen molar-refractivity contribution in [1.82, 2.24) is 4.98 Å². The lowest BCUT2D eigenvalue weighted by Gasteiger charge is -2.16. The lowest BCUT2D eigenvalue weighted by atomic mass is 10.0. The van der Waals surface area contributed by atoms with E-state index in [0.717, 1.165) is 35.1 Å². The van der Waals surface area contributed by atoms with Crippen LogP contribution in [0.3, 0.4) is 0 Å². The second kappa shape index (κ2) is 22.7. The minimum atomic E-state index is -0.349. The van der Waals surface area contributed by atoms with Gasteiger partial charge in [-0.1, -0.05) is 140 Å². The van der Waals surface area contributed by atoms with E-state index in [4.69, 9.17) is 14.2 Å². The molecular weight excluding hydrogens is 546 g/mol. The van der Waals surface area contributed by atoms with Crippen LogP contribution in [0.5, 0.6) is 0 Å². The van der Waals surface area contributed by atoms with Crippen LogP contribution in [-0.2, 0) is 20.6 Å². The molecule has 1 aromatic heterocycles. The number of rotatable bonds is 25. The zero-order valence-corrected chi connectivity index (χ0v) is 27.6. The lowest BCUT2D eigenvalue weighted by molar-refractivity contribution is -0.0314. The molecule has 0 fully saturated rings. The summed E-state index contributed by atoms with van der Waals surface area (Å²) in [5, 5.41) is 2.28. The van der Waals surface area contributed by atoms with Crippen molar-refractivity contribution in [3.05, 3.63) is 77.6 Å². The van der Waals surface area contributed by atoms with Crippen LogP contribution in [0, 0.1) is 0 Å². The smallest absolute Gasteiger partial charge is 0.338 e. The zero-order chi connectivity index (χ0) is 31.1. The molecule has 5 heteroatoms. The van der Waals surface area contributed by atoms with Gasteiger partial charge in [0, 0.05) is 37.4 Å². The molecule has 2 aromatic carbocycles. The number of benzene rings is 2. The van der Waals surface area contributed by atoms with Crippen LogP contribution in [0.15, 0.2) is 60.8 Å². The van der Waals surface area contributed by atoms with E-state index in [0.29, 0.717) is 18.6 Å². The fourth-order valence-corrected chi connectivity index (χ4v) is 5.65. The maximum Gasteiger partial charge on any atom is 0.338 e. The molecule has 0 N–H and O–H groups in total. The van der Waals surface area contributed by atoms with Crippen molar-refractivity contribution in [3.63, 3.8) is 0 Å². The van der Waals surface area contributed by atoms with Crippen molar-refractivity contribution >= 4 is 16.7 Å². The number of hydrogen-bond acceptors (Lipinski definition) is 5. The average Bonchev–Trinajstić information content (AvgIpc) is 3.05. The molecule has 0 aliphatic rings. The largest absolute Gasteiger partial charge is 0.459 e. The predicted molar refractivity (Wildman–Crippen MR) is 182 cm³/mol. The van der Waals surface area contributed by atoms with E-state index in [1.54, 1.807) is 13.2 Å². The van der Waals surface area contributed by atoms with E-state index in [1.807, 2.05) is 36.5 Å². The molecule has 0 spiro atoms. The summed E-state index contributed by atoms with van der Waals surface area (Å²) in [7, 11) is 1.63. The Balaban J connectivity index is 1.19. The molecule has 0 saturated carbocycles. The molecule has 0 saturated heterocycles. The van der Waals surface area contributed by atoms with Crippen molar-refractivity contribution in [3.8, 4) is 0 Å². The highest BCUT2D eigenvalue weighted by atomic mass is 16.6. The fourth-order valence-electron chi connectivity index (χ4n) is 5.65. The molecule has 3 rings (SSSR count). The zero-order valence-electron chi connectivity index (χ0n) is 27.6. The van der Waals surface area contributed by atoms with Crippen LogP contribution in [-0.4, -0.2) is 44.0 Å². The van der Waals surface area contributed by atoms with Crippen LogP contribution in [0.4, 0.5) is 0 Å². The van der Waals surface area contributed by atoms with Gasteiger partial charge in [0.2, 0.25) is 0 Å². The molecule has 0 aliphatic carbocycles. The topological polar surface area (TPSA) is 57.7 Å². The summed E-state index contributed by atoms with van der Waals surface area (Å²) in [6.45, 7) is 3.60. The number of carbonyl (C=O) groups excluding carboxylic acids is 1. The normalized spacial score (nSPS) is 12.0. The van der Waals surface area contributed by atoms with Crippen molar-refractivity contribution < 1.29 is 19.0 Å². The number of esters is 1. The highest BCUT2D eigenvalue weighted by Crippen LogP contribution is 2.17. The predicted octanol–water partition coefficient (Wildman–Crippen LogP) is 10.3. The highest BCUT2D eigenvalue weighted by molar-refractivity contribution is 5.89. The summed E-state index contributed by atoms with van der Waals surface area (Å²) in [5.41, 5.74) is 2.52. The number of pyridine rings is 1. The summed E-state index contributed by atoms with van der Waals surface area (Å²) in [5.74, 6) is -0.349. The fraction of sp³-hybridized carbons (Fsp3) is 0.590. The summed E-state index contributed by atoms with van der Waals surface area (Å²) in [4.78, 5) is 17.3. The molecule has 44 heavy (non-hydrogen) atoms. The van der Waals surface area contributed by atoms with E-state index in [2.05, 4.69) is 30.1 Å². The molecule has 1 atom stereocenters. The number of hydrogen-bond donors (Lipinski definition) is 0. The number of nitrogens with zero attached hydrogens (tertiary/aromatic N) is 1. The summed E-state index contributed by atoms with van der Waals surface area (Å²) in [6.07, 6.45) is 24.0. The third-order valence-corrected chi connectivity index (χ3v) is 8.42. The highest BCUT2D eigenvalue weighted by Gasteiger charge is 2.14. The maximum atomic E-state index is 12.8. The van der Waals surface area contributed by atoms with E-state index in [-0.39, 0.29) is 18.7 Å². The minimum Gasteiger partial charge on any atom is -0.459 e. The first-order valence-corrected chi connectivity index (χ1v) is 17.4. The third kappa shape index (κ3) is 14.8. The van der Waals surface area contributed by atoms with E-state index in [1.165, 1.54) is 96.3 Å². The summed E-state index contributed by atoms with van der Waals surface area (Å²) in [6, 6.07) is 17.9. The molecular formula is C39H57NO4. The Morgan fingerprint density at radius 1 is 0.705 bits per heavy atom. The number of aromatic nitrogens is 1.